The lowest BCUT2D eigenvalue weighted by molar-refractivity contribution is 0.0695. The predicted octanol–water partition coefficient (Wildman–Crippen LogP) is 3.42. The first-order chi connectivity index (χ1) is 11.0. The number of aryl methyl sites for hydroxylation is 1. The van der Waals surface area contributed by atoms with Gasteiger partial charge in [-0.1, -0.05) is 11.6 Å². The summed E-state index contributed by atoms with van der Waals surface area (Å²) in [6.45, 7) is 0. The number of aromatic carboxylic acids is 1. The first-order valence-electron chi connectivity index (χ1n) is 7.09. The average molecular weight is 326 g/mol. The number of carbonyl (C=O) groups is 1. The lowest BCUT2D eigenvalue weighted by Crippen LogP contribution is -2.04. The fourth-order valence-corrected chi connectivity index (χ4v) is 3.30. The monoisotopic (exact) mass is 325 g/mol. The Hall–Kier alpha value is -2.66. The van der Waals surface area contributed by atoms with Gasteiger partial charge in [0.05, 0.1) is 22.5 Å². The lowest BCUT2D eigenvalue weighted by Gasteiger charge is -2.05. The highest BCUT2D eigenvalue weighted by Gasteiger charge is 2.24. The van der Waals surface area contributed by atoms with E-state index in [1.165, 1.54) is 6.20 Å². The zero-order chi connectivity index (χ0) is 16.1. The summed E-state index contributed by atoms with van der Waals surface area (Å²) in [6.07, 6.45) is 4.00. The SMILES string of the molecule is Cn1nc2cc(Cl)ccc2c1C1=Cc2nccc(C(=O)O)c2C1. The molecule has 4 rings (SSSR count). The van der Waals surface area contributed by atoms with E-state index < -0.39 is 5.97 Å². The van der Waals surface area contributed by atoms with Crippen LogP contribution >= 0.6 is 11.6 Å². The van der Waals surface area contributed by atoms with Gasteiger partial charge in [0.15, 0.2) is 0 Å². The Labute approximate surface area is 136 Å². The Morgan fingerprint density at radius 3 is 2.96 bits per heavy atom. The zero-order valence-corrected chi connectivity index (χ0v) is 13.0. The minimum atomic E-state index is -0.931. The van der Waals surface area contributed by atoms with Gasteiger partial charge in [0, 0.05) is 30.1 Å². The summed E-state index contributed by atoms with van der Waals surface area (Å²) < 4.78 is 1.80. The molecule has 0 amide bonds. The van der Waals surface area contributed by atoms with Crippen molar-refractivity contribution in [1.29, 1.82) is 0 Å². The molecule has 0 saturated carbocycles. The maximum Gasteiger partial charge on any atom is 0.336 e. The largest absolute Gasteiger partial charge is 0.478 e. The number of carboxylic acids is 1. The molecule has 1 aliphatic rings. The summed E-state index contributed by atoms with van der Waals surface area (Å²) in [4.78, 5) is 15.7. The van der Waals surface area contributed by atoms with Crippen LogP contribution in [-0.4, -0.2) is 25.8 Å². The van der Waals surface area contributed by atoms with Crippen molar-refractivity contribution in [2.45, 2.75) is 6.42 Å². The Bertz CT molecular complexity index is 1000. The van der Waals surface area contributed by atoms with Gasteiger partial charge in [-0.2, -0.15) is 5.10 Å². The van der Waals surface area contributed by atoms with Gasteiger partial charge in [0.25, 0.3) is 0 Å². The number of rotatable bonds is 2. The highest BCUT2D eigenvalue weighted by atomic mass is 35.5. The molecule has 1 aromatic carbocycles. The highest BCUT2D eigenvalue weighted by molar-refractivity contribution is 6.31. The third-order valence-corrected chi connectivity index (χ3v) is 4.33. The molecule has 2 heterocycles. The zero-order valence-electron chi connectivity index (χ0n) is 12.2. The van der Waals surface area contributed by atoms with Gasteiger partial charge < -0.3 is 5.11 Å². The maximum absolute atomic E-state index is 11.4. The van der Waals surface area contributed by atoms with Gasteiger partial charge in [-0.3, -0.25) is 9.67 Å². The summed E-state index contributed by atoms with van der Waals surface area (Å²) in [5, 5.41) is 15.5. The van der Waals surface area contributed by atoms with Crippen molar-refractivity contribution in [3.63, 3.8) is 0 Å². The number of hydrogen-bond acceptors (Lipinski definition) is 3. The third-order valence-electron chi connectivity index (χ3n) is 4.10. The molecule has 6 heteroatoms. The number of halogens is 1. The number of nitrogens with zero attached hydrogens (tertiary/aromatic N) is 3. The number of carboxylic acid groups (broad SMARTS) is 1. The van der Waals surface area contributed by atoms with Gasteiger partial charge in [-0.25, -0.2) is 4.79 Å². The van der Waals surface area contributed by atoms with E-state index in [2.05, 4.69) is 10.1 Å². The molecule has 0 spiro atoms. The molecule has 23 heavy (non-hydrogen) atoms. The number of allylic oxidation sites excluding steroid dienone is 1. The van der Waals surface area contributed by atoms with Gasteiger partial charge in [0.2, 0.25) is 0 Å². The standard InChI is InChI=1S/C17H12ClN3O2/c1-21-16(12-3-2-10(18)8-15(12)20-21)9-6-13-11(17(22)23)4-5-19-14(13)7-9/h2-5,7-8H,6H2,1H3,(H,22,23). The van der Waals surface area contributed by atoms with Crippen molar-refractivity contribution in [3.05, 3.63) is 58.0 Å². The third kappa shape index (κ3) is 2.12. The van der Waals surface area contributed by atoms with Crippen molar-refractivity contribution >= 4 is 40.1 Å². The van der Waals surface area contributed by atoms with Gasteiger partial charge in [0.1, 0.15) is 0 Å². The summed E-state index contributed by atoms with van der Waals surface area (Å²) in [5.41, 5.74) is 4.55. The molecule has 2 aromatic heterocycles. The van der Waals surface area contributed by atoms with Gasteiger partial charge in [-0.05, 0) is 41.5 Å². The van der Waals surface area contributed by atoms with Crippen LogP contribution in [0.4, 0.5) is 0 Å². The molecule has 0 fully saturated rings. The van der Waals surface area contributed by atoms with Crippen LogP contribution < -0.4 is 0 Å². The summed E-state index contributed by atoms with van der Waals surface area (Å²) in [6, 6.07) is 7.14. The minimum Gasteiger partial charge on any atom is -0.478 e. The summed E-state index contributed by atoms with van der Waals surface area (Å²) in [5.74, 6) is -0.931. The van der Waals surface area contributed by atoms with Gasteiger partial charge in [-0.15, -0.1) is 0 Å². The quantitative estimate of drug-likeness (QED) is 0.784. The number of fused-ring (bicyclic) bond motifs is 2. The van der Waals surface area contributed by atoms with Crippen LogP contribution in [-0.2, 0) is 13.5 Å². The topological polar surface area (TPSA) is 68.0 Å². The van der Waals surface area contributed by atoms with Crippen molar-refractivity contribution < 1.29 is 9.90 Å². The molecule has 0 atom stereocenters. The van der Waals surface area contributed by atoms with E-state index in [4.69, 9.17) is 11.6 Å². The molecule has 0 bridgehead atoms. The Kier molecular flexibility index (Phi) is 2.99. The second-order valence-electron chi connectivity index (χ2n) is 5.51. The van der Waals surface area contributed by atoms with E-state index in [9.17, 15) is 9.90 Å². The predicted molar refractivity (Wildman–Crippen MR) is 88.5 cm³/mol. The van der Waals surface area contributed by atoms with Crippen LogP contribution in [0.3, 0.4) is 0 Å². The number of aromatic nitrogens is 3. The second-order valence-corrected chi connectivity index (χ2v) is 5.94. The number of pyridine rings is 1. The lowest BCUT2D eigenvalue weighted by atomic mass is 10.0. The molecule has 0 aliphatic heterocycles. The van der Waals surface area contributed by atoms with Crippen molar-refractivity contribution in [2.24, 2.45) is 7.05 Å². The average Bonchev–Trinajstić information content (AvgIpc) is 3.05. The molecule has 114 valence electrons. The van der Waals surface area contributed by atoms with Gasteiger partial charge >= 0.3 is 5.97 Å². The second kappa shape index (κ2) is 4.93. The van der Waals surface area contributed by atoms with Crippen LogP contribution in [0.25, 0.3) is 22.6 Å². The van der Waals surface area contributed by atoms with Crippen LogP contribution in [0.5, 0.6) is 0 Å². The Morgan fingerprint density at radius 2 is 2.17 bits per heavy atom. The van der Waals surface area contributed by atoms with E-state index in [1.807, 2.05) is 31.3 Å². The van der Waals surface area contributed by atoms with Crippen LogP contribution in [0.15, 0.2) is 30.5 Å². The van der Waals surface area contributed by atoms with Crippen molar-refractivity contribution in [1.82, 2.24) is 14.8 Å². The van der Waals surface area contributed by atoms with E-state index in [1.54, 1.807) is 10.7 Å². The number of hydrogen-bond donors (Lipinski definition) is 1. The van der Waals surface area contributed by atoms with Crippen molar-refractivity contribution in [2.75, 3.05) is 0 Å². The van der Waals surface area contributed by atoms with Crippen LogP contribution in [0.1, 0.15) is 27.3 Å². The maximum atomic E-state index is 11.4. The summed E-state index contributed by atoms with van der Waals surface area (Å²) in [7, 11) is 1.87. The smallest absolute Gasteiger partial charge is 0.336 e. The Morgan fingerprint density at radius 1 is 1.35 bits per heavy atom. The van der Waals surface area contributed by atoms with E-state index in [0.717, 1.165) is 27.7 Å². The molecule has 0 unspecified atom stereocenters. The first-order valence-corrected chi connectivity index (χ1v) is 7.47. The van der Waals surface area contributed by atoms with Crippen molar-refractivity contribution in [3.8, 4) is 0 Å². The molecule has 1 aliphatic carbocycles. The van der Waals surface area contributed by atoms with E-state index in [-0.39, 0.29) is 0 Å². The molecule has 0 radical (unpaired) electrons. The minimum absolute atomic E-state index is 0.302. The fourth-order valence-electron chi connectivity index (χ4n) is 3.13. The number of benzene rings is 1. The van der Waals surface area contributed by atoms with E-state index in [0.29, 0.717) is 22.7 Å². The fraction of sp³-hybridized carbons (Fsp3) is 0.118. The molecule has 3 aromatic rings. The molecule has 0 saturated heterocycles. The highest BCUT2D eigenvalue weighted by Crippen LogP contribution is 2.35. The van der Waals surface area contributed by atoms with E-state index >= 15 is 0 Å². The summed E-state index contributed by atoms with van der Waals surface area (Å²) >= 11 is 6.03. The molecular formula is C17H12ClN3O2. The van der Waals surface area contributed by atoms with Crippen LogP contribution in [0.2, 0.25) is 5.02 Å². The Balaban J connectivity index is 1.87. The molecule has 1 N–H and O–H groups in total. The normalized spacial score (nSPS) is 13.2. The first kappa shape index (κ1) is 14.0. The van der Waals surface area contributed by atoms with Crippen LogP contribution in [0, 0.1) is 0 Å². The molecular weight excluding hydrogens is 314 g/mol. The molecule has 5 nitrogen and oxygen atoms in total.